The minimum absolute atomic E-state index is 0.0783. The maximum absolute atomic E-state index is 12.7. The average Bonchev–Trinajstić information content (AvgIpc) is 3.09. The number of amides is 1. The lowest BCUT2D eigenvalue weighted by Crippen LogP contribution is -2.56. The summed E-state index contributed by atoms with van der Waals surface area (Å²) in [5, 5.41) is 9.28. The normalized spacial score (nSPS) is 22.4. The molecular formula is C17H23N3O3. The Morgan fingerprint density at radius 2 is 1.87 bits per heavy atom. The van der Waals surface area contributed by atoms with Crippen LogP contribution in [0, 0.1) is 0 Å². The van der Waals surface area contributed by atoms with E-state index in [9.17, 15) is 14.7 Å². The molecule has 2 aliphatic rings. The number of hydrogen-bond donors (Lipinski definition) is 1. The Hall–Kier alpha value is -2.08. The maximum atomic E-state index is 12.7. The molecular weight excluding hydrogens is 294 g/mol. The van der Waals surface area contributed by atoms with Gasteiger partial charge in [-0.2, -0.15) is 0 Å². The Balaban J connectivity index is 1.75. The standard InChI is InChI=1S/C17H23N3O3/c1-18-9-10-20(12-15(18)17(22)23)16(21)13-5-4-6-14(11-13)19-7-2-3-8-19/h4-6,11,15H,2-3,7-10,12H2,1H3,(H,22,23). The summed E-state index contributed by atoms with van der Waals surface area (Å²) >= 11 is 0. The van der Waals surface area contributed by atoms with Crippen LogP contribution < -0.4 is 4.90 Å². The highest BCUT2D eigenvalue weighted by Gasteiger charge is 2.32. The summed E-state index contributed by atoms with van der Waals surface area (Å²) in [5.41, 5.74) is 1.72. The van der Waals surface area contributed by atoms with Crippen molar-refractivity contribution in [3.05, 3.63) is 29.8 Å². The first-order chi connectivity index (χ1) is 11.1. The number of carboxylic acid groups (broad SMARTS) is 1. The molecule has 2 fully saturated rings. The van der Waals surface area contributed by atoms with Gasteiger partial charge in [-0.3, -0.25) is 14.5 Å². The molecule has 0 aromatic heterocycles. The Morgan fingerprint density at radius 1 is 1.13 bits per heavy atom. The van der Waals surface area contributed by atoms with Crippen LogP contribution in [0.3, 0.4) is 0 Å². The summed E-state index contributed by atoms with van der Waals surface area (Å²) in [7, 11) is 1.79. The zero-order chi connectivity index (χ0) is 16.4. The molecule has 1 unspecified atom stereocenters. The molecule has 2 heterocycles. The summed E-state index contributed by atoms with van der Waals surface area (Å²) in [4.78, 5) is 29.8. The third-order valence-corrected chi connectivity index (χ3v) is 4.78. The number of nitrogens with zero attached hydrogens (tertiary/aromatic N) is 3. The molecule has 1 atom stereocenters. The van der Waals surface area contributed by atoms with Crippen LogP contribution in [0.15, 0.2) is 24.3 Å². The smallest absolute Gasteiger partial charge is 0.322 e. The Bertz CT molecular complexity index is 599. The molecule has 6 nitrogen and oxygen atoms in total. The second-order valence-electron chi connectivity index (χ2n) is 6.33. The SMILES string of the molecule is CN1CCN(C(=O)c2cccc(N3CCCC3)c2)CC1C(=O)O. The van der Waals surface area contributed by atoms with Gasteiger partial charge in [-0.25, -0.2) is 0 Å². The van der Waals surface area contributed by atoms with Crippen molar-refractivity contribution < 1.29 is 14.7 Å². The molecule has 1 aromatic rings. The zero-order valence-corrected chi connectivity index (χ0v) is 13.4. The third-order valence-electron chi connectivity index (χ3n) is 4.78. The van der Waals surface area contributed by atoms with Crippen LogP contribution in [0.4, 0.5) is 5.69 Å². The number of carboxylic acids is 1. The van der Waals surface area contributed by atoms with E-state index in [0.717, 1.165) is 18.8 Å². The fourth-order valence-electron chi connectivity index (χ4n) is 3.32. The van der Waals surface area contributed by atoms with Gasteiger partial charge in [-0.15, -0.1) is 0 Å². The molecule has 0 radical (unpaired) electrons. The average molecular weight is 317 g/mol. The Kier molecular flexibility index (Phi) is 4.52. The minimum Gasteiger partial charge on any atom is -0.480 e. The van der Waals surface area contributed by atoms with Gasteiger partial charge in [0.15, 0.2) is 0 Å². The second-order valence-corrected chi connectivity index (χ2v) is 6.33. The summed E-state index contributed by atoms with van der Waals surface area (Å²) in [6.07, 6.45) is 2.38. The van der Waals surface area contributed by atoms with Gasteiger partial charge in [0.05, 0.1) is 0 Å². The van der Waals surface area contributed by atoms with Crippen LogP contribution in [0.5, 0.6) is 0 Å². The molecule has 0 saturated carbocycles. The predicted molar refractivity (Wildman–Crippen MR) is 87.8 cm³/mol. The van der Waals surface area contributed by atoms with E-state index in [1.807, 2.05) is 24.3 Å². The molecule has 1 N–H and O–H groups in total. The van der Waals surface area contributed by atoms with Crippen molar-refractivity contribution in [1.82, 2.24) is 9.80 Å². The number of benzene rings is 1. The van der Waals surface area contributed by atoms with Gasteiger partial charge in [0.25, 0.3) is 5.91 Å². The molecule has 1 aromatic carbocycles. The summed E-state index contributed by atoms with van der Waals surface area (Å²) in [6.45, 7) is 3.45. The van der Waals surface area contributed by atoms with E-state index in [2.05, 4.69) is 4.90 Å². The van der Waals surface area contributed by atoms with Crippen LogP contribution in [0.2, 0.25) is 0 Å². The van der Waals surface area contributed by atoms with Gasteiger partial charge >= 0.3 is 5.97 Å². The molecule has 0 spiro atoms. The first kappa shape index (κ1) is 15.8. The van der Waals surface area contributed by atoms with Crippen molar-refractivity contribution in [3.8, 4) is 0 Å². The van der Waals surface area contributed by atoms with E-state index in [1.54, 1.807) is 16.8 Å². The summed E-state index contributed by atoms with van der Waals surface area (Å²) < 4.78 is 0. The van der Waals surface area contributed by atoms with Crippen LogP contribution >= 0.6 is 0 Å². The fourth-order valence-corrected chi connectivity index (χ4v) is 3.32. The van der Waals surface area contributed by atoms with E-state index in [-0.39, 0.29) is 12.5 Å². The Labute approximate surface area is 136 Å². The van der Waals surface area contributed by atoms with E-state index < -0.39 is 12.0 Å². The topological polar surface area (TPSA) is 64.1 Å². The molecule has 1 amide bonds. The molecule has 0 aliphatic carbocycles. The number of anilines is 1. The lowest BCUT2D eigenvalue weighted by Gasteiger charge is -2.37. The number of aliphatic carboxylic acids is 1. The number of carbonyl (C=O) groups is 2. The van der Waals surface area contributed by atoms with E-state index in [1.165, 1.54) is 12.8 Å². The van der Waals surface area contributed by atoms with Crippen molar-refractivity contribution in [2.45, 2.75) is 18.9 Å². The number of hydrogen-bond acceptors (Lipinski definition) is 4. The lowest BCUT2D eigenvalue weighted by molar-refractivity contribution is -0.144. The number of rotatable bonds is 3. The quantitative estimate of drug-likeness (QED) is 0.905. The van der Waals surface area contributed by atoms with Crippen molar-refractivity contribution in [2.75, 3.05) is 44.7 Å². The summed E-state index contributed by atoms with van der Waals surface area (Å²) in [5.74, 6) is -0.957. The van der Waals surface area contributed by atoms with Crippen LogP contribution in [0.1, 0.15) is 23.2 Å². The van der Waals surface area contributed by atoms with Crippen molar-refractivity contribution in [1.29, 1.82) is 0 Å². The molecule has 2 aliphatic heterocycles. The highest BCUT2D eigenvalue weighted by molar-refractivity contribution is 5.95. The number of piperazine rings is 1. The van der Waals surface area contributed by atoms with Gasteiger partial charge in [0, 0.05) is 44.0 Å². The van der Waals surface area contributed by atoms with Crippen LogP contribution in [0.25, 0.3) is 0 Å². The van der Waals surface area contributed by atoms with Gasteiger partial charge in [0.2, 0.25) is 0 Å². The van der Waals surface area contributed by atoms with Gasteiger partial charge in [-0.05, 0) is 38.1 Å². The largest absolute Gasteiger partial charge is 0.480 e. The number of carbonyl (C=O) groups excluding carboxylic acids is 1. The second kappa shape index (κ2) is 6.58. The van der Waals surface area contributed by atoms with E-state index in [0.29, 0.717) is 18.7 Å². The van der Waals surface area contributed by atoms with Crippen molar-refractivity contribution in [2.24, 2.45) is 0 Å². The maximum Gasteiger partial charge on any atom is 0.322 e. The monoisotopic (exact) mass is 317 g/mol. The molecule has 0 bridgehead atoms. The van der Waals surface area contributed by atoms with Gasteiger partial charge < -0.3 is 14.9 Å². The highest BCUT2D eigenvalue weighted by atomic mass is 16.4. The van der Waals surface area contributed by atoms with Gasteiger partial charge in [-0.1, -0.05) is 6.07 Å². The van der Waals surface area contributed by atoms with E-state index in [4.69, 9.17) is 0 Å². The molecule has 3 rings (SSSR count). The van der Waals surface area contributed by atoms with Crippen LogP contribution in [-0.4, -0.2) is 72.6 Å². The van der Waals surface area contributed by atoms with E-state index >= 15 is 0 Å². The third kappa shape index (κ3) is 3.32. The zero-order valence-electron chi connectivity index (χ0n) is 13.4. The molecule has 124 valence electrons. The first-order valence-electron chi connectivity index (χ1n) is 8.13. The highest BCUT2D eigenvalue weighted by Crippen LogP contribution is 2.22. The van der Waals surface area contributed by atoms with Crippen LogP contribution in [-0.2, 0) is 4.79 Å². The Morgan fingerprint density at radius 3 is 2.57 bits per heavy atom. The minimum atomic E-state index is -0.879. The fraction of sp³-hybridized carbons (Fsp3) is 0.529. The first-order valence-corrected chi connectivity index (χ1v) is 8.13. The number of likely N-dealkylation sites (N-methyl/N-ethyl adjacent to an activating group) is 1. The summed E-state index contributed by atoms with van der Waals surface area (Å²) in [6, 6.07) is 7.06. The van der Waals surface area contributed by atoms with Crippen molar-refractivity contribution >= 4 is 17.6 Å². The molecule has 6 heteroatoms. The molecule has 23 heavy (non-hydrogen) atoms. The lowest BCUT2D eigenvalue weighted by atomic mass is 10.1. The molecule has 2 saturated heterocycles. The van der Waals surface area contributed by atoms with Gasteiger partial charge in [0.1, 0.15) is 6.04 Å². The predicted octanol–water partition coefficient (Wildman–Crippen LogP) is 1.13. The van der Waals surface area contributed by atoms with Crippen molar-refractivity contribution in [3.63, 3.8) is 0 Å².